The molecule has 0 aliphatic heterocycles. The molecular formula is C20H17BrFN4O4+. The maximum absolute atomic E-state index is 13.3. The second-order valence-electron chi connectivity index (χ2n) is 6.10. The number of halogens is 2. The Kier molecular flexibility index (Phi) is 6.68. The molecule has 0 spiro atoms. The van der Waals surface area contributed by atoms with Crippen LogP contribution in [0.15, 0.2) is 62.9 Å². The molecule has 1 N–H and O–H groups in total. The minimum absolute atomic E-state index is 0.0523. The van der Waals surface area contributed by atoms with Gasteiger partial charge >= 0.3 is 17.2 Å². The summed E-state index contributed by atoms with van der Waals surface area (Å²) < 4.78 is 20.1. The first-order valence-electron chi connectivity index (χ1n) is 8.89. The molecule has 0 radical (unpaired) electrons. The average molecular weight is 476 g/mol. The standard InChI is InChI=1S/C20H16BrFN4O4/c1-2-30-20(29)18-19(28)26(23-11-13-4-3-5-16(22)10-13)24-25(18)12-17(27)14-6-8-15(21)9-7-14/h3-11H,2,12H2,1H3/p+1/b23-11+. The van der Waals surface area contributed by atoms with E-state index in [1.165, 1.54) is 24.4 Å². The molecule has 0 atom stereocenters. The van der Waals surface area contributed by atoms with Crippen molar-refractivity contribution in [2.75, 3.05) is 6.61 Å². The summed E-state index contributed by atoms with van der Waals surface area (Å²) in [5, 5.41) is 6.53. The maximum atomic E-state index is 13.3. The molecule has 0 unspecified atom stereocenters. The van der Waals surface area contributed by atoms with E-state index in [0.29, 0.717) is 11.1 Å². The number of hydrogen-bond acceptors (Lipinski definition) is 5. The molecular weight excluding hydrogens is 459 g/mol. The summed E-state index contributed by atoms with van der Waals surface area (Å²) in [6.45, 7) is 1.34. The molecule has 0 bridgehead atoms. The first kappa shape index (κ1) is 21.3. The van der Waals surface area contributed by atoms with Crippen LogP contribution in [0.25, 0.3) is 0 Å². The molecule has 0 aliphatic carbocycles. The fourth-order valence-electron chi connectivity index (χ4n) is 2.60. The zero-order chi connectivity index (χ0) is 21.7. The summed E-state index contributed by atoms with van der Waals surface area (Å²) in [5.74, 6) is -1.68. The van der Waals surface area contributed by atoms with E-state index in [4.69, 9.17) is 4.74 Å². The van der Waals surface area contributed by atoms with Crippen LogP contribution in [0.4, 0.5) is 4.39 Å². The lowest BCUT2D eigenvalue weighted by Gasteiger charge is -2.01. The van der Waals surface area contributed by atoms with Gasteiger partial charge in [-0.05, 0) is 36.8 Å². The lowest BCUT2D eigenvalue weighted by molar-refractivity contribution is -0.744. The molecule has 2 aromatic carbocycles. The quantitative estimate of drug-likeness (QED) is 0.245. The zero-order valence-electron chi connectivity index (χ0n) is 15.8. The molecule has 3 aromatic rings. The Morgan fingerprint density at radius 1 is 1.27 bits per heavy atom. The molecule has 0 saturated heterocycles. The van der Waals surface area contributed by atoms with Crippen LogP contribution in [0.3, 0.4) is 0 Å². The van der Waals surface area contributed by atoms with Gasteiger partial charge in [-0.2, -0.15) is 0 Å². The predicted octanol–water partition coefficient (Wildman–Crippen LogP) is 2.31. The number of benzene rings is 2. The summed E-state index contributed by atoms with van der Waals surface area (Å²) in [5.41, 5.74) is -0.368. The Morgan fingerprint density at radius 3 is 2.67 bits per heavy atom. The smallest absolute Gasteiger partial charge is 0.434 e. The molecule has 0 amide bonds. The van der Waals surface area contributed by atoms with Crippen LogP contribution in [0.2, 0.25) is 0 Å². The number of rotatable bonds is 7. The van der Waals surface area contributed by atoms with Gasteiger partial charge < -0.3 is 4.74 Å². The molecule has 8 nitrogen and oxygen atoms in total. The monoisotopic (exact) mass is 475 g/mol. The van der Waals surface area contributed by atoms with Crippen LogP contribution >= 0.6 is 15.9 Å². The van der Waals surface area contributed by atoms with Crippen molar-refractivity contribution in [3.63, 3.8) is 0 Å². The summed E-state index contributed by atoms with van der Waals surface area (Å²) in [6, 6.07) is 12.3. The van der Waals surface area contributed by atoms with Gasteiger partial charge in [0.1, 0.15) is 5.82 Å². The molecule has 10 heteroatoms. The van der Waals surface area contributed by atoms with Crippen molar-refractivity contribution < 1.29 is 23.4 Å². The number of ketones is 1. The van der Waals surface area contributed by atoms with Gasteiger partial charge in [-0.15, -0.1) is 4.68 Å². The zero-order valence-corrected chi connectivity index (χ0v) is 17.4. The average Bonchev–Trinajstić information content (AvgIpc) is 3.02. The number of Topliss-reactive ketones (excluding diaryl/α,β-unsaturated/α-hetero) is 1. The Morgan fingerprint density at radius 2 is 2.00 bits per heavy atom. The number of nitrogens with one attached hydrogen (secondary N) is 1. The number of aromatic amines is 1. The highest BCUT2D eigenvalue weighted by atomic mass is 79.9. The maximum Gasteiger partial charge on any atom is 0.434 e. The first-order valence-corrected chi connectivity index (χ1v) is 9.69. The van der Waals surface area contributed by atoms with E-state index in [1.807, 2.05) is 0 Å². The minimum atomic E-state index is -0.887. The number of esters is 1. The second kappa shape index (κ2) is 9.40. The number of hydrogen-bond donors (Lipinski definition) is 1. The number of H-pyrrole nitrogens is 1. The summed E-state index contributed by atoms with van der Waals surface area (Å²) in [6.07, 6.45) is 1.25. The molecule has 0 fully saturated rings. The number of ether oxygens (including phenoxy) is 1. The Hall–Kier alpha value is -3.40. The first-order chi connectivity index (χ1) is 14.4. The van der Waals surface area contributed by atoms with Crippen LogP contribution in [0.1, 0.15) is 33.3 Å². The third kappa shape index (κ3) is 4.95. The van der Waals surface area contributed by atoms with E-state index in [0.717, 1.165) is 13.9 Å². The largest absolute Gasteiger partial charge is 0.459 e. The van der Waals surface area contributed by atoms with Crippen molar-refractivity contribution in [2.24, 2.45) is 5.10 Å². The van der Waals surface area contributed by atoms with Gasteiger partial charge in [0.05, 0.1) is 12.8 Å². The molecule has 0 saturated carbocycles. The summed E-state index contributed by atoms with van der Waals surface area (Å²) in [4.78, 5) is 38.3. The normalized spacial score (nSPS) is 11.0. The Balaban J connectivity index is 1.95. The number of nitrogens with zero attached hydrogens (tertiary/aromatic N) is 3. The number of carbonyl (C=O) groups excluding carboxylic acids is 2. The van der Waals surface area contributed by atoms with E-state index in [9.17, 15) is 18.8 Å². The third-order valence-corrected chi connectivity index (χ3v) is 4.52. The topological polar surface area (TPSA) is 97.4 Å². The minimum Gasteiger partial charge on any atom is -0.459 e. The van der Waals surface area contributed by atoms with Crippen molar-refractivity contribution in [3.8, 4) is 0 Å². The van der Waals surface area contributed by atoms with E-state index in [-0.39, 0.29) is 24.6 Å². The number of carbonyl (C=O) groups is 2. The van der Waals surface area contributed by atoms with Crippen molar-refractivity contribution >= 4 is 33.9 Å². The van der Waals surface area contributed by atoms with Crippen molar-refractivity contribution in [2.45, 2.75) is 13.5 Å². The van der Waals surface area contributed by atoms with Crippen molar-refractivity contribution in [1.29, 1.82) is 0 Å². The Labute approximate surface area is 178 Å². The fraction of sp³-hybridized carbons (Fsp3) is 0.150. The SMILES string of the molecule is CCOC(=O)c1c(=O)n(/N=C/c2cccc(F)c2)[nH][n+]1CC(=O)c1ccc(Br)cc1. The lowest BCUT2D eigenvalue weighted by atomic mass is 10.1. The highest BCUT2D eigenvalue weighted by Crippen LogP contribution is 2.11. The van der Waals surface area contributed by atoms with Gasteiger partial charge in [0.15, 0.2) is 6.54 Å². The van der Waals surface area contributed by atoms with Crippen LogP contribution < -0.4 is 10.2 Å². The van der Waals surface area contributed by atoms with Crippen molar-refractivity contribution in [1.82, 2.24) is 10.0 Å². The van der Waals surface area contributed by atoms with Crippen LogP contribution in [-0.4, -0.2) is 34.6 Å². The van der Waals surface area contributed by atoms with Gasteiger partial charge in [-0.3, -0.25) is 4.79 Å². The fourth-order valence-corrected chi connectivity index (χ4v) is 2.86. The van der Waals surface area contributed by atoms with Crippen LogP contribution in [0, 0.1) is 5.82 Å². The van der Waals surface area contributed by atoms with Gasteiger partial charge in [0.25, 0.3) is 0 Å². The molecule has 30 heavy (non-hydrogen) atoms. The van der Waals surface area contributed by atoms with E-state index in [2.05, 4.69) is 26.2 Å². The van der Waals surface area contributed by atoms with Gasteiger partial charge in [0, 0.05) is 14.8 Å². The van der Waals surface area contributed by atoms with Gasteiger partial charge in [-0.25, -0.2) is 14.0 Å². The second-order valence-corrected chi connectivity index (χ2v) is 7.02. The highest BCUT2D eigenvalue weighted by molar-refractivity contribution is 9.10. The predicted molar refractivity (Wildman–Crippen MR) is 109 cm³/mol. The van der Waals surface area contributed by atoms with E-state index >= 15 is 0 Å². The highest BCUT2D eigenvalue weighted by Gasteiger charge is 2.31. The molecule has 1 aromatic heterocycles. The molecule has 154 valence electrons. The van der Waals surface area contributed by atoms with Crippen LogP contribution in [-0.2, 0) is 11.3 Å². The Bertz CT molecular complexity index is 1170. The summed E-state index contributed by atoms with van der Waals surface area (Å²) in [7, 11) is 0. The molecule has 3 rings (SSSR count). The third-order valence-electron chi connectivity index (χ3n) is 3.99. The molecule has 1 heterocycles. The van der Waals surface area contributed by atoms with Crippen molar-refractivity contribution in [3.05, 3.63) is 86.0 Å². The van der Waals surface area contributed by atoms with E-state index in [1.54, 1.807) is 37.3 Å². The summed E-state index contributed by atoms with van der Waals surface area (Å²) >= 11 is 3.30. The number of aromatic nitrogens is 3. The van der Waals surface area contributed by atoms with Gasteiger partial charge in [0.2, 0.25) is 5.78 Å². The molecule has 0 aliphatic rings. The van der Waals surface area contributed by atoms with Gasteiger partial charge in [-0.1, -0.05) is 50.5 Å². The lowest BCUT2D eigenvalue weighted by Crippen LogP contribution is -2.46. The van der Waals surface area contributed by atoms with E-state index < -0.39 is 17.3 Å². The van der Waals surface area contributed by atoms with Crippen LogP contribution in [0.5, 0.6) is 0 Å².